The number of hydrogen-bond acceptors (Lipinski definition) is 5. The van der Waals surface area contributed by atoms with Crippen LogP contribution in [0.4, 0.5) is 0 Å². The molecule has 8 nitrogen and oxygen atoms in total. The first-order valence-corrected chi connectivity index (χ1v) is 11.2. The van der Waals surface area contributed by atoms with Gasteiger partial charge < -0.3 is 4.90 Å². The predicted octanol–water partition coefficient (Wildman–Crippen LogP) is 1.78. The highest BCUT2D eigenvalue weighted by molar-refractivity contribution is 7.89. The number of carbonyl (C=O) groups is 1. The van der Waals surface area contributed by atoms with Crippen molar-refractivity contribution < 1.29 is 13.2 Å². The van der Waals surface area contributed by atoms with Gasteiger partial charge >= 0.3 is 0 Å². The van der Waals surface area contributed by atoms with Crippen LogP contribution >= 0.6 is 0 Å². The number of aromatic nitrogens is 3. The number of piperazine rings is 1. The largest absolute Gasteiger partial charge is 0.335 e. The summed E-state index contributed by atoms with van der Waals surface area (Å²) < 4.78 is 28.7. The SMILES string of the molecule is Cc1ccc(S(=O)(=O)N2CCN(C(=O)c3cn(Cc4ccccc4)nn3)CC2)cc1. The smallest absolute Gasteiger partial charge is 0.276 e. The quantitative estimate of drug-likeness (QED) is 0.622. The standard InChI is InChI=1S/C21H23N5O3S/c1-17-7-9-19(10-8-17)30(28,29)26-13-11-24(12-14-26)21(27)20-16-25(23-22-20)15-18-5-3-2-4-6-18/h2-10,16H,11-15H2,1H3. The van der Waals surface area contributed by atoms with Crippen LogP contribution in [0.2, 0.25) is 0 Å². The average molecular weight is 426 g/mol. The lowest BCUT2D eigenvalue weighted by Gasteiger charge is -2.33. The van der Waals surface area contributed by atoms with E-state index in [-0.39, 0.29) is 29.6 Å². The maximum Gasteiger partial charge on any atom is 0.276 e. The maximum absolute atomic E-state index is 12.8. The molecule has 30 heavy (non-hydrogen) atoms. The Balaban J connectivity index is 1.38. The van der Waals surface area contributed by atoms with E-state index in [2.05, 4.69) is 10.3 Å². The van der Waals surface area contributed by atoms with Gasteiger partial charge in [0.25, 0.3) is 5.91 Å². The number of hydrogen-bond donors (Lipinski definition) is 0. The summed E-state index contributed by atoms with van der Waals surface area (Å²) in [7, 11) is -3.56. The summed E-state index contributed by atoms with van der Waals surface area (Å²) in [4.78, 5) is 14.7. The summed E-state index contributed by atoms with van der Waals surface area (Å²) in [6, 6.07) is 16.6. The zero-order chi connectivity index (χ0) is 21.1. The Morgan fingerprint density at radius 2 is 1.63 bits per heavy atom. The monoisotopic (exact) mass is 425 g/mol. The van der Waals surface area contributed by atoms with Crippen LogP contribution in [0.3, 0.4) is 0 Å². The molecule has 0 radical (unpaired) electrons. The zero-order valence-corrected chi connectivity index (χ0v) is 17.5. The van der Waals surface area contributed by atoms with Crippen molar-refractivity contribution >= 4 is 15.9 Å². The van der Waals surface area contributed by atoms with Crippen LogP contribution in [0, 0.1) is 6.92 Å². The fourth-order valence-electron chi connectivity index (χ4n) is 3.40. The van der Waals surface area contributed by atoms with Gasteiger partial charge in [0.15, 0.2) is 5.69 Å². The summed E-state index contributed by atoms with van der Waals surface area (Å²) in [5.41, 5.74) is 2.33. The van der Waals surface area contributed by atoms with Gasteiger partial charge in [-0.1, -0.05) is 53.2 Å². The minimum absolute atomic E-state index is 0.235. The Labute approximate surface area is 175 Å². The van der Waals surface area contributed by atoms with Gasteiger partial charge in [0, 0.05) is 26.2 Å². The second kappa shape index (κ2) is 8.37. The summed E-state index contributed by atoms with van der Waals surface area (Å²) in [6.45, 7) is 3.58. The van der Waals surface area contributed by atoms with Gasteiger partial charge in [0.2, 0.25) is 10.0 Å². The highest BCUT2D eigenvalue weighted by atomic mass is 32.2. The van der Waals surface area contributed by atoms with Crippen LogP contribution in [0.1, 0.15) is 21.6 Å². The van der Waals surface area contributed by atoms with E-state index in [4.69, 9.17) is 0 Å². The second-order valence-corrected chi connectivity index (χ2v) is 9.23. The number of amides is 1. The highest BCUT2D eigenvalue weighted by Gasteiger charge is 2.31. The normalized spacial score (nSPS) is 15.3. The van der Waals surface area contributed by atoms with Gasteiger partial charge in [0.1, 0.15) is 0 Å². The van der Waals surface area contributed by atoms with Crippen LogP contribution in [0.15, 0.2) is 65.7 Å². The Morgan fingerprint density at radius 1 is 0.967 bits per heavy atom. The molecular weight excluding hydrogens is 402 g/mol. The molecule has 1 aromatic heterocycles. The van der Waals surface area contributed by atoms with Gasteiger partial charge in [0.05, 0.1) is 17.6 Å². The summed E-state index contributed by atoms with van der Waals surface area (Å²) in [6.07, 6.45) is 1.63. The average Bonchev–Trinajstić information content (AvgIpc) is 3.23. The number of aryl methyl sites for hydroxylation is 1. The van der Waals surface area contributed by atoms with Crippen molar-refractivity contribution in [2.75, 3.05) is 26.2 Å². The molecule has 2 aromatic carbocycles. The van der Waals surface area contributed by atoms with E-state index < -0.39 is 10.0 Å². The third-order valence-corrected chi connectivity index (χ3v) is 7.04. The summed E-state index contributed by atoms with van der Waals surface area (Å²) in [5.74, 6) is -0.235. The van der Waals surface area contributed by atoms with Crippen molar-refractivity contribution in [1.82, 2.24) is 24.2 Å². The van der Waals surface area contributed by atoms with Gasteiger partial charge in [-0.3, -0.25) is 4.79 Å². The highest BCUT2D eigenvalue weighted by Crippen LogP contribution is 2.19. The van der Waals surface area contributed by atoms with E-state index in [1.807, 2.05) is 37.3 Å². The Morgan fingerprint density at radius 3 is 2.30 bits per heavy atom. The minimum atomic E-state index is -3.56. The lowest BCUT2D eigenvalue weighted by Crippen LogP contribution is -2.50. The van der Waals surface area contributed by atoms with E-state index in [0.717, 1.165) is 11.1 Å². The number of nitrogens with zero attached hydrogens (tertiary/aromatic N) is 5. The fraction of sp³-hybridized carbons (Fsp3) is 0.286. The summed E-state index contributed by atoms with van der Waals surface area (Å²) >= 11 is 0. The molecule has 1 aliphatic heterocycles. The Hall–Kier alpha value is -3.04. The molecule has 156 valence electrons. The molecule has 9 heteroatoms. The van der Waals surface area contributed by atoms with E-state index in [9.17, 15) is 13.2 Å². The number of benzene rings is 2. The second-order valence-electron chi connectivity index (χ2n) is 7.30. The molecule has 3 aromatic rings. The molecule has 1 amide bonds. The van der Waals surface area contributed by atoms with Crippen molar-refractivity contribution in [3.05, 3.63) is 77.6 Å². The van der Waals surface area contributed by atoms with E-state index in [0.29, 0.717) is 19.6 Å². The molecule has 4 rings (SSSR count). The molecule has 0 bridgehead atoms. The first kappa shape index (κ1) is 20.2. The van der Waals surface area contributed by atoms with Crippen molar-refractivity contribution in [3.63, 3.8) is 0 Å². The van der Waals surface area contributed by atoms with Crippen LogP contribution in [0.5, 0.6) is 0 Å². The molecule has 0 unspecified atom stereocenters. The Bertz CT molecular complexity index is 1120. The molecule has 1 aliphatic rings. The topological polar surface area (TPSA) is 88.4 Å². The third kappa shape index (κ3) is 4.27. The molecule has 1 saturated heterocycles. The lowest BCUT2D eigenvalue weighted by atomic mass is 10.2. The molecule has 0 saturated carbocycles. The first-order chi connectivity index (χ1) is 14.4. The van der Waals surface area contributed by atoms with Crippen molar-refractivity contribution in [2.45, 2.75) is 18.4 Å². The van der Waals surface area contributed by atoms with Gasteiger partial charge in [-0.25, -0.2) is 13.1 Å². The number of sulfonamides is 1. The zero-order valence-electron chi connectivity index (χ0n) is 16.7. The Kier molecular flexibility index (Phi) is 5.65. The predicted molar refractivity (Wildman–Crippen MR) is 111 cm³/mol. The van der Waals surface area contributed by atoms with Gasteiger partial charge in [-0.05, 0) is 24.6 Å². The van der Waals surface area contributed by atoms with Crippen LogP contribution in [-0.4, -0.2) is 64.7 Å². The third-order valence-electron chi connectivity index (χ3n) is 5.13. The first-order valence-electron chi connectivity index (χ1n) is 9.73. The van der Waals surface area contributed by atoms with Crippen LogP contribution in [0.25, 0.3) is 0 Å². The molecule has 0 N–H and O–H groups in total. The van der Waals surface area contributed by atoms with E-state index in [1.165, 1.54) is 4.31 Å². The maximum atomic E-state index is 12.8. The van der Waals surface area contributed by atoms with Crippen LogP contribution < -0.4 is 0 Å². The molecular formula is C21H23N5O3S. The van der Waals surface area contributed by atoms with E-state index >= 15 is 0 Å². The number of carbonyl (C=O) groups excluding carboxylic acids is 1. The molecule has 0 aliphatic carbocycles. The molecule has 1 fully saturated rings. The van der Waals surface area contributed by atoms with Gasteiger partial charge in [-0.15, -0.1) is 5.10 Å². The van der Waals surface area contributed by atoms with Crippen molar-refractivity contribution in [3.8, 4) is 0 Å². The van der Waals surface area contributed by atoms with Crippen molar-refractivity contribution in [2.24, 2.45) is 0 Å². The fourth-order valence-corrected chi connectivity index (χ4v) is 4.82. The number of rotatable bonds is 5. The van der Waals surface area contributed by atoms with Crippen LogP contribution in [-0.2, 0) is 16.6 Å². The minimum Gasteiger partial charge on any atom is -0.335 e. The van der Waals surface area contributed by atoms with Gasteiger partial charge in [-0.2, -0.15) is 4.31 Å². The molecule has 2 heterocycles. The van der Waals surface area contributed by atoms with Crippen molar-refractivity contribution in [1.29, 1.82) is 0 Å². The summed E-state index contributed by atoms with van der Waals surface area (Å²) in [5, 5.41) is 8.04. The van der Waals surface area contributed by atoms with E-state index in [1.54, 1.807) is 40.0 Å². The molecule has 0 spiro atoms. The lowest BCUT2D eigenvalue weighted by molar-refractivity contribution is 0.0692. The molecule has 0 atom stereocenters.